The van der Waals surface area contributed by atoms with E-state index in [0.717, 1.165) is 51.5 Å². The molecule has 0 spiro atoms. The van der Waals surface area contributed by atoms with Crippen LogP contribution in [0.25, 0.3) is 21.0 Å². The summed E-state index contributed by atoms with van der Waals surface area (Å²) in [4.78, 5) is 19.9. The number of likely N-dealkylation sites (tertiary alicyclic amines) is 1. The minimum Gasteiger partial charge on any atom is -0.490 e. The standard InChI is InChI=1S/C25H22N2O4S/c28-25(21-11-10-20(31-21)24-26-17-5-1-2-7-23(17)32-24)27-12-3-6-18(27)16-8-9-19-22(15-16)30-14-4-13-29-19/h1-2,5,7-11,15,18H,3-4,6,12-14H2/t18-/m1/s1. The number of carbonyl (C=O) groups excluding carboxylic acids is 1. The Morgan fingerprint density at radius 2 is 1.88 bits per heavy atom. The summed E-state index contributed by atoms with van der Waals surface area (Å²) in [6, 6.07) is 17.6. The first-order valence-corrected chi connectivity index (χ1v) is 11.7. The summed E-state index contributed by atoms with van der Waals surface area (Å²) in [6.07, 6.45) is 2.74. The third kappa shape index (κ3) is 3.42. The van der Waals surface area contributed by atoms with E-state index in [4.69, 9.17) is 13.9 Å². The van der Waals surface area contributed by atoms with Crippen LogP contribution in [0.1, 0.15) is 41.4 Å². The highest BCUT2D eigenvalue weighted by molar-refractivity contribution is 7.21. The maximum Gasteiger partial charge on any atom is 0.290 e. The number of rotatable bonds is 3. The van der Waals surface area contributed by atoms with Crippen LogP contribution in [0.15, 0.2) is 59.0 Å². The van der Waals surface area contributed by atoms with Crippen molar-refractivity contribution in [2.24, 2.45) is 0 Å². The molecule has 1 saturated heterocycles. The summed E-state index contributed by atoms with van der Waals surface area (Å²) in [5, 5.41) is 0.783. The van der Waals surface area contributed by atoms with Gasteiger partial charge < -0.3 is 18.8 Å². The molecule has 2 aliphatic rings. The monoisotopic (exact) mass is 446 g/mol. The second-order valence-corrected chi connectivity index (χ2v) is 9.09. The molecule has 2 aliphatic heterocycles. The van der Waals surface area contributed by atoms with E-state index in [9.17, 15) is 4.79 Å². The van der Waals surface area contributed by atoms with E-state index in [2.05, 4.69) is 4.98 Å². The predicted molar refractivity (Wildman–Crippen MR) is 122 cm³/mol. The number of ether oxygens (including phenoxy) is 2. The highest BCUT2D eigenvalue weighted by atomic mass is 32.1. The van der Waals surface area contributed by atoms with Crippen LogP contribution in [0.5, 0.6) is 11.5 Å². The van der Waals surface area contributed by atoms with Crippen LogP contribution in [-0.2, 0) is 0 Å². The van der Waals surface area contributed by atoms with Crippen LogP contribution in [-0.4, -0.2) is 35.5 Å². The number of carbonyl (C=O) groups is 1. The second-order valence-electron chi connectivity index (χ2n) is 8.06. The van der Waals surface area contributed by atoms with Gasteiger partial charge >= 0.3 is 0 Å². The molecule has 0 bridgehead atoms. The molecule has 4 heterocycles. The molecule has 7 heteroatoms. The highest BCUT2D eigenvalue weighted by Gasteiger charge is 2.33. The zero-order valence-electron chi connectivity index (χ0n) is 17.5. The first-order chi connectivity index (χ1) is 15.8. The minimum atomic E-state index is -0.0908. The summed E-state index contributed by atoms with van der Waals surface area (Å²) >= 11 is 1.56. The number of nitrogens with zero attached hydrogens (tertiary/aromatic N) is 2. The van der Waals surface area contributed by atoms with Crippen molar-refractivity contribution in [1.29, 1.82) is 0 Å². The van der Waals surface area contributed by atoms with E-state index >= 15 is 0 Å². The van der Waals surface area contributed by atoms with Gasteiger partial charge in [0.15, 0.2) is 28.0 Å². The number of hydrogen-bond donors (Lipinski definition) is 0. The summed E-state index contributed by atoms with van der Waals surface area (Å²) in [5.74, 6) is 2.41. The Kier molecular flexibility index (Phi) is 4.83. The average molecular weight is 447 g/mol. The van der Waals surface area contributed by atoms with E-state index in [1.807, 2.05) is 53.4 Å². The number of hydrogen-bond acceptors (Lipinski definition) is 6. The number of fused-ring (bicyclic) bond motifs is 2. The highest BCUT2D eigenvalue weighted by Crippen LogP contribution is 2.39. The molecule has 0 aliphatic carbocycles. The number of furan rings is 1. The largest absolute Gasteiger partial charge is 0.490 e. The van der Waals surface area contributed by atoms with Gasteiger partial charge in [0.05, 0.1) is 29.5 Å². The molecule has 1 fully saturated rings. The lowest BCUT2D eigenvalue weighted by Crippen LogP contribution is -2.30. The van der Waals surface area contributed by atoms with Gasteiger partial charge in [0.1, 0.15) is 0 Å². The maximum atomic E-state index is 13.4. The van der Waals surface area contributed by atoms with Crippen LogP contribution >= 0.6 is 11.3 Å². The molecule has 0 radical (unpaired) electrons. The fraction of sp³-hybridized carbons (Fsp3) is 0.280. The second kappa shape index (κ2) is 7.98. The van der Waals surface area contributed by atoms with E-state index in [1.54, 1.807) is 17.4 Å². The molecular formula is C25H22N2O4S. The van der Waals surface area contributed by atoms with Crippen LogP contribution in [0, 0.1) is 0 Å². The van der Waals surface area contributed by atoms with Gasteiger partial charge in [-0.2, -0.15) is 0 Å². The summed E-state index contributed by atoms with van der Waals surface area (Å²) in [5.41, 5.74) is 2.00. The molecule has 2 aromatic carbocycles. The lowest BCUT2D eigenvalue weighted by atomic mass is 10.0. The summed E-state index contributed by atoms with van der Waals surface area (Å²) < 4.78 is 18.7. The molecule has 1 amide bonds. The number of amides is 1. The van der Waals surface area contributed by atoms with Gasteiger partial charge in [-0.05, 0) is 54.8 Å². The number of aromatic nitrogens is 1. The van der Waals surface area contributed by atoms with Crippen molar-refractivity contribution in [3.8, 4) is 22.3 Å². The first-order valence-electron chi connectivity index (χ1n) is 10.9. The molecule has 0 unspecified atom stereocenters. The Morgan fingerprint density at radius 1 is 1.00 bits per heavy atom. The quantitative estimate of drug-likeness (QED) is 0.404. The van der Waals surface area contributed by atoms with Crippen molar-refractivity contribution < 1.29 is 18.7 Å². The van der Waals surface area contributed by atoms with Crippen molar-refractivity contribution in [2.75, 3.05) is 19.8 Å². The maximum absolute atomic E-state index is 13.4. The molecule has 6 rings (SSSR count). The Labute approximate surface area is 189 Å². The Morgan fingerprint density at radius 3 is 2.78 bits per heavy atom. The van der Waals surface area contributed by atoms with Crippen LogP contribution < -0.4 is 9.47 Å². The van der Waals surface area contributed by atoms with Crippen molar-refractivity contribution in [1.82, 2.24) is 9.88 Å². The summed E-state index contributed by atoms with van der Waals surface area (Å²) in [6.45, 7) is 2.01. The fourth-order valence-corrected chi connectivity index (χ4v) is 5.36. The third-order valence-electron chi connectivity index (χ3n) is 5.99. The van der Waals surface area contributed by atoms with Gasteiger partial charge in [0, 0.05) is 13.0 Å². The Bertz CT molecular complexity index is 1260. The van der Waals surface area contributed by atoms with Gasteiger partial charge in [0.2, 0.25) is 0 Å². The lowest BCUT2D eigenvalue weighted by molar-refractivity contribution is 0.0704. The number of thiazole rings is 1. The van der Waals surface area contributed by atoms with Gasteiger partial charge in [-0.3, -0.25) is 4.79 Å². The molecule has 0 N–H and O–H groups in total. The van der Waals surface area contributed by atoms with Crippen molar-refractivity contribution in [2.45, 2.75) is 25.3 Å². The van der Waals surface area contributed by atoms with Crippen molar-refractivity contribution >= 4 is 27.5 Å². The topological polar surface area (TPSA) is 64.8 Å². The molecule has 162 valence electrons. The van der Waals surface area contributed by atoms with E-state index in [1.165, 1.54) is 0 Å². The summed E-state index contributed by atoms with van der Waals surface area (Å²) in [7, 11) is 0. The van der Waals surface area contributed by atoms with Gasteiger partial charge in [-0.15, -0.1) is 11.3 Å². The molecule has 4 aromatic rings. The van der Waals surface area contributed by atoms with Crippen LogP contribution in [0.2, 0.25) is 0 Å². The van der Waals surface area contributed by atoms with Crippen LogP contribution in [0.3, 0.4) is 0 Å². The lowest BCUT2D eigenvalue weighted by Gasteiger charge is -2.24. The van der Waals surface area contributed by atoms with Gasteiger partial charge in [-0.25, -0.2) is 4.98 Å². The molecule has 0 saturated carbocycles. The van der Waals surface area contributed by atoms with Crippen molar-refractivity contribution in [3.63, 3.8) is 0 Å². The predicted octanol–water partition coefficient (Wildman–Crippen LogP) is 5.69. The number of benzene rings is 2. The zero-order chi connectivity index (χ0) is 21.5. The Hall–Kier alpha value is -3.32. The first kappa shape index (κ1) is 19.4. The van der Waals surface area contributed by atoms with E-state index < -0.39 is 0 Å². The zero-order valence-corrected chi connectivity index (χ0v) is 18.3. The normalized spacial score (nSPS) is 18.1. The van der Waals surface area contributed by atoms with Crippen LogP contribution in [0.4, 0.5) is 0 Å². The molecule has 32 heavy (non-hydrogen) atoms. The van der Waals surface area contributed by atoms with Gasteiger partial charge in [0.25, 0.3) is 5.91 Å². The van der Waals surface area contributed by atoms with E-state index in [-0.39, 0.29) is 11.9 Å². The third-order valence-corrected chi connectivity index (χ3v) is 7.04. The molecule has 1 atom stereocenters. The fourth-order valence-electron chi connectivity index (χ4n) is 4.43. The van der Waals surface area contributed by atoms with Crippen molar-refractivity contribution in [3.05, 3.63) is 65.9 Å². The molecular weight excluding hydrogens is 424 g/mol. The smallest absolute Gasteiger partial charge is 0.290 e. The molecule has 2 aromatic heterocycles. The van der Waals surface area contributed by atoms with E-state index in [0.29, 0.717) is 31.3 Å². The van der Waals surface area contributed by atoms with Gasteiger partial charge in [-0.1, -0.05) is 18.2 Å². The SMILES string of the molecule is O=C(c1ccc(-c2nc3ccccc3s2)o1)N1CCC[C@@H]1c1ccc2c(c1)OCCCO2. The minimum absolute atomic E-state index is 0.00402. The molecule has 6 nitrogen and oxygen atoms in total. The average Bonchev–Trinajstić information content (AvgIpc) is 3.55. The Balaban J connectivity index is 1.26. The number of para-hydroxylation sites is 1.